The summed E-state index contributed by atoms with van der Waals surface area (Å²) in [5.74, 6) is 0.786. The molecule has 21 heavy (non-hydrogen) atoms. The van der Waals surface area contributed by atoms with Crippen molar-refractivity contribution < 1.29 is 0 Å². The summed E-state index contributed by atoms with van der Waals surface area (Å²) in [6.45, 7) is 4.99. The van der Waals surface area contributed by atoms with Crippen LogP contribution < -0.4 is 0 Å². The van der Waals surface area contributed by atoms with Crippen LogP contribution in [0.1, 0.15) is 12.6 Å². The van der Waals surface area contributed by atoms with Gasteiger partial charge in [0, 0.05) is 12.2 Å². The van der Waals surface area contributed by atoms with Crippen molar-refractivity contribution >= 4 is 27.6 Å². The third-order valence-corrected chi connectivity index (χ3v) is 5.02. The van der Waals surface area contributed by atoms with Gasteiger partial charge >= 0.3 is 0 Å². The summed E-state index contributed by atoms with van der Waals surface area (Å²) in [6, 6.07) is 6.08. The lowest BCUT2D eigenvalue weighted by molar-refractivity contribution is 0.641. The van der Waals surface area contributed by atoms with Crippen molar-refractivity contribution in [2.45, 2.75) is 20.4 Å². The van der Waals surface area contributed by atoms with Crippen LogP contribution in [0.2, 0.25) is 0 Å². The second kappa shape index (κ2) is 4.74. The molecule has 6 nitrogen and oxygen atoms in total. The molecule has 0 N–H and O–H groups in total. The summed E-state index contributed by atoms with van der Waals surface area (Å²) in [4.78, 5) is 1.85. The molecule has 0 aromatic carbocycles. The maximum atomic E-state index is 4.63. The van der Waals surface area contributed by atoms with Crippen LogP contribution in [-0.2, 0) is 6.54 Å². The minimum atomic E-state index is 0.786. The minimum absolute atomic E-state index is 0.786. The fraction of sp³-hybridized carbons (Fsp3) is 0.231. The molecular weight excluding hydrogens is 304 g/mol. The molecule has 0 amide bonds. The van der Waals surface area contributed by atoms with Gasteiger partial charge in [0.2, 0.25) is 4.96 Å². The quantitative estimate of drug-likeness (QED) is 0.582. The molecule has 0 bridgehead atoms. The van der Waals surface area contributed by atoms with Gasteiger partial charge in [-0.2, -0.15) is 14.7 Å². The molecule has 0 aliphatic heterocycles. The number of hydrogen-bond acceptors (Lipinski definition) is 6. The summed E-state index contributed by atoms with van der Waals surface area (Å²) < 4.78 is 3.77. The Bertz CT molecular complexity index is 899. The highest BCUT2D eigenvalue weighted by Gasteiger charge is 2.16. The number of rotatable bonds is 3. The zero-order valence-electron chi connectivity index (χ0n) is 11.5. The molecule has 0 saturated carbocycles. The lowest BCUT2D eigenvalue weighted by Crippen LogP contribution is -1.98. The zero-order valence-corrected chi connectivity index (χ0v) is 13.1. The monoisotopic (exact) mass is 316 g/mol. The number of nitrogens with zero attached hydrogens (tertiary/aromatic N) is 6. The molecule has 0 atom stereocenters. The van der Waals surface area contributed by atoms with Gasteiger partial charge in [0.05, 0.1) is 4.88 Å². The van der Waals surface area contributed by atoms with Crippen molar-refractivity contribution in [3.63, 3.8) is 0 Å². The fourth-order valence-electron chi connectivity index (χ4n) is 2.21. The van der Waals surface area contributed by atoms with E-state index >= 15 is 0 Å². The predicted octanol–water partition coefficient (Wildman–Crippen LogP) is 3.11. The van der Waals surface area contributed by atoms with Crippen LogP contribution >= 0.6 is 22.7 Å². The van der Waals surface area contributed by atoms with E-state index in [0.29, 0.717) is 0 Å². The first kappa shape index (κ1) is 12.7. The lowest BCUT2D eigenvalue weighted by atomic mass is 10.4. The summed E-state index contributed by atoms with van der Waals surface area (Å²) >= 11 is 3.14. The maximum absolute atomic E-state index is 4.63. The molecule has 4 heterocycles. The molecule has 4 rings (SSSR count). The van der Waals surface area contributed by atoms with Gasteiger partial charge in [-0.1, -0.05) is 17.4 Å². The molecular formula is C13H12N6S2. The van der Waals surface area contributed by atoms with E-state index in [-0.39, 0.29) is 0 Å². The molecule has 0 radical (unpaired) electrons. The van der Waals surface area contributed by atoms with Crippen molar-refractivity contribution in [2.75, 3.05) is 0 Å². The molecule has 0 unspecified atom stereocenters. The molecule has 0 spiro atoms. The van der Waals surface area contributed by atoms with E-state index < -0.39 is 0 Å². The van der Waals surface area contributed by atoms with E-state index in [2.05, 4.69) is 40.3 Å². The molecule has 0 saturated heterocycles. The third kappa shape index (κ3) is 1.98. The van der Waals surface area contributed by atoms with Crippen LogP contribution in [0.15, 0.2) is 23.6 Å². The van der Waals surface area contributed by atoms with Gasteiger partial charge in [0.25, 0.3) is 0 Å². The summed E-state index contributed by atoms with van der Waals surface area (Å²) in [5, 5.41) is 20.5. The minimum Gasteiger partial charge on any atom is -0.269 e. The maximum Gasteiger partial charge on any atom is 0.235 e. The smallest absolute Gasteiger partial charge is 0.235 e. The second-order valence-corrected chi connectivity index (χ2v) is 6.49. The highest BCUT2D eigenvalue weighted by atomic mass is 32.1. The SMILES string of the molecule is CCn1nc(-c2nn3c(-c4cccs4)nnc3s2)cc1C. The molecule has 4 aromatic rings. The number of fused-ring (bicyclic) bond motifs is 1. The largest absolute Gasteiger partial charge is 0.269 e. The Kier molecular flexibility index (Phi) is 2.86. The number of hydrogen-bond donors (Lipinski definition) is 0. The van der Waals surface area contributed by atoms with E-state index in [1.165, 1.54) is 11.3 Å². The molecule has 8 heteroatoms. The van der Waals surface area contributed by atoms with Gasteiger partial charge in [0.15, 0.2) is 10.8 Å². The molecule has 0 fully saturated rings. The number of thiophene rings is 1. The van der Waals surface area contributed by atoms with Gasteiger partial charge in [-0.25, -0.2) is 0 Å². The van der Waals surface area contributed by atoms with Crippen molar-refractivity contribution in [1.82, 2.24) is 29.6 Å². The Labute approximate surface area is 128 Å². The average molecular weight is 316 g/mol. The predicted molar refractivity (Wildman–Crippen MR) is 83.6 cm³/mol. The van der Waals surface area contributed by atoms with E-state index in [1.807, 2.05) is 22.2 Å². The van der Waals surface area contributed by atoms with Crippen molar-refractivity contribution in [3.8, 4) is 21.4 Å². The van der Waals surface area contributed by atoms with Gasteiger partial charge in [-0.3, -0.25) is 4.68 Å². The summed E-state index contributed by atoms with van der Waals surface area (Å²) in [5.41, 5.74) is 2.03. The van der Waals surface area contributed by atoms with Gasteiger partial charge in [-0.05, 0) is 31.4 Å². The molecule has 4 aromatic heterocycles. The van der Waals surface area contributed by atoms with Gasteiger partial charge in [0.1, 0.15) is 5.69 Å². The number of aryl methyl sites for hydroxylation is 2. The molecule has 106 valence electrons. The van der Waals surface area contributed by atoms with Gasteiger partial charge < -0.3 is 0 Å². The highest BCUT2D eigenvalue weighted by molar-refractivity contribution is 7.19. The Balaban J connectivity index is 1.84. The Morgan fingerprint density at radius 1 is 1.24 bits per heavy atom. The fourth-order valence-corrected chi connectivity index (χ4v) is 3.70. The van der Waals surface area contributed by atoms with E-state index in [4.69, 9.17) is 0 Å². The Morgan fingerprint density at radius 2 is 2.14 bits per heavy atom. The van der Waals surface area contributed by atoms with E-state index in [1.54, 1.807) is 15.9 Å². The van der Waals surface area contributed by atoms with Crippen LogP contribution in [-0.4, -0.2) is 29.6 Å². The normalized spacial score (nSPS) is 11.5. The van der Waals surface area contributed by atoms with Crippen LogP contribution in [0.4, 0.5) is 0 Å². The molecule has 0 aliphatic carbocycles. The Morgan fingerprint density at radius 3 is 2.86 bits per heavy atom. The third-order valence-electron chi connectivity index (χ3n) is 3.23. The topological polar surface area (TPSA) is 60.9 Å². The van der Waals surface area contributed by atoms with Crippen LogP contribution in [0.25, 0.3) is 26.4 Å². The first-order valence-electron chi connectivity index (χ1n) is 6.57. The van der Waals surface area contributed by atoms with Gasteiger partial charge in [-0.15, -0.1) is 21.5 Å². The van der Waals surface area contributed by atoms with Crippen molar-refractivity contribution in [3.05, 3.63) is 29.3 Å². The standard InChI is InChI=1S/C13H12N6S2/c1-3-18-8(2)7-9(16-18)12-17-19-11(10-5-4-6-20-10)14-15-13(19)21-12/h4-7H,3H2,1-2H3. The summed E-state index contributed by atoms with van der Waals surface area (Å²) in [7, 11) is 0. The van der Waals surface area contributed by atoms with Crippen LogP contribution in [0.5, 0.6) is 0 Å². The van der Waals surface area contributed by atoms with Crippen molar-refractivity contribution in [2.24, 2.45) is 0 Å². The van der Waals surface area contributed by atoms with Crippen molar-refractivity contribution in [1.29, 1.82) is 0 Å². The summed E-state index contributed by atoms with van der Waals surface area (Å²) in [6.07, 6.45) is 0. The van der Waals surface area contributed by atoms with Crippen LogP contribution in [0, 0.1) is 6.92 Å². The van der Waals surface area contributed by atoms with E-state index in [9.17, 15) is 0 Å². The first-order chi connectivity index (χ1) is 10.3. The number of aromatic nitrogens is 6. The van der Waals surface area contributed by atoms with Crippen LogP contribution in [0.3, 0.4) is 0 Å². The lowest BCUT2D eigenvalue weighted by Gasteiger charge is -1.95. The second-order valence-electron chi connectivity index (χ2n) is 4.59. The highest BCUT2D eigenvalue weighted by Crippen LogP contribution is 2.29. The van der Waals surface area contributed by atoms with E-state index in [0.717, 1.165) is 38.6 Å². The average Bonchev–Trinajstić information content (AvgIpc) is 3.21. The Hall–Kier alpha value is -2.06. The zero-order chi connectivity index (χ0) is 14.4. The first-order valence-corrected chi connectivity index (χ1v) is 8.27. The molecule has 0 aliphatic rings.